The molecule has 2 aromatic rings. The summed E-state index contributed by atoms with van der Waals surface area (Å²) in [5.74, 6) is 0. The smallest absolute Gasteiger partial charge is 0.396 e. The van der Waals surface area contributed by atoms with Gasteiger partial charge in [-0.25, -0.2) is 0 Å². The van der Waals surface area contributed by atoms with Gasteiger partial charge in [0.25, 0.3) is 0 Å². The Morgan fingerprint density at radius 2 is 1.80 bits per heavy atom. The minimum Gasteiger partial charge on any atom is -0.396 e. The van der Waals surface area contributed by atoms with E-state index in [-0.39, 0.29) is 0 Å². The highest BCUT2D eigenvalue weighted by atomic mass is 35.5. The molecule has 0 spiro atoms. The van der Waals surface area contributed by atoms with E-state index in [4.69, 9.17) is 17.3 Å². The van der Waals surface area contributed by atoms with E-state index in [0.717, 1.165) is 12.1 Å². The first-order valence-electron chi connectivity index (χ1n) is 5.78. The van der Waals surface area contributed by atoms with Gasteiger partial charge < -0.3 is 11.1 Å². The van der Waals surface area contributed by atoms with Gasteiger partial charge in [-0.05, 0) is 36.8 Å². The van der Waals surface area contributed by atoms with Gasteiger partial charge in [-0.1, -0.05) is 23.7 Å². The molecule has 0 saturated carbocycles. The molecule has 0 amide bonds. The molecule has 106 valence electrons. The predicted octanol–water partition coefficient (Wildman–Crippen LogP) is 4.99. The van der Waals surface area contributed by atoms with Crippen molar-refractivity contribution in [1.29, 1.82) is 0 Å². The first-order chi connectivity index (χ1) is 9.29. The van der Waals surface area contributed by atoms with Crippen LogP contribution in [0.3, 0.4) is 0 Å². The van der Waals surface area contributed by atoms with Crippen molar-refractivity contribution in [3.63, 3.8) is 0 Å². The number of aryl methyl sites for hydroxylation is 1. The summed E-state index contributed by atoms with van der Waals surface area (Å²) >= 11 is 5.88. The number of nitrogens with two attached hydrogens (primary N) is 1. The zero-order chi connectivity index (χ0) is 14.9. The van der Waals surface area contributed by atoms with E-state index in [1.165, 1.54) is 6.07 Å². The Kier molecular flexibility index (Phi) is 3.81. The second-order valence-electron chi connectivity index (χ2n) is 4.35. The molecule has 0 heterocycles. The third-order valence-corrected chi connectivity index (χ3v) is 3.22. The van der Waals surface area contributed by atoms with Gasteiger partial charge in [0.2, 0.25) is 0 Å². The predicted molar refractivity (Wildman–Crippen MR) is 75.3 cm³/mol. The van der Waals surface area contributed by atoms with Gasteiger partial charge in [0.1, 0.15) is 0 Å². The molecule has 0 unspecified atom stereocenters. The van der Waals surface area contributed by atoms with Gasteiger partial charge in [-0.15, -0.1) is 0 Å². The van der Waals surface area contributed by atoms with E-state index in [9.17, 15) is 13.2 Å². The summed E-state index contributed by atoms with van der Waals surface area (Å²) in [6, 6.07) is 8.44. The maximum atomic E-state index is 12.7. The Balaban J connectivity index is 2.41. The van der Waals surface area contributed by atoms with E-state index >= 15 is 0 Å². The molecule has 0 atom stereocenters. The van der Waals surface area contributed by atoms with Gasteiger partial charge in [0.15, 0.2) is 0 Å². The molecule has 0 saturated heterocycles. The van der Waals surface area contributed by atoms with Crippen LogP contribution in [0, 0.1) is 6.92 Å². The molecule has 2 rings (SSSR count). The molecule has 0 aliphatic heterocycles. The van der Waals surface area contributed by atoms with Crippen molar-refractivity contribution < 1.29 is 13.2 Å². The number of halogens is 4. The minimum atomic E-state index is -4.38. The van der Waals surface area contributed by atoms with Crippen LogP contribution in [0.2, 0.25) is 5.02 Å². The quantitative estimate of drug-likeness (QED) is 0.767. The lowest BCUT2D eigenvalue weighted by atomic mass is 10.1. The Hall–Kier alpha value is -1.88. The maximum Gasteiger partial charge on any atom is 0.416 e. The molecular formula is C14H12ClF3N2. The molecule has 3 N–H and O–H groups in total. The fraction of sp³-hybridized carbons (Fsp3) is 0.143. The lowest BCUT2D eigenvalue weighted by Gasteiger charge is -2.15. The lowest BCUT2D eigenvalue weighted by Crippen LogP contribution is -2.06. The number of benzene rings is 2. The average molecular weight is 301 g/mol. The zero-order valence-electron chi connectivity index (χ0n) is 10.6. The van der Waals surface area contributed by atoms with Crippen LogP contribution in [0.5, 0.6) is 0 Å². The second-order valence-corrected chi connectivity index (χ2v) is 4.76. The number of alkyl halides is 3. The SMILES string of the molecule is Cc1ccc(C(F)(F)F)cc1Nc1cccc(Cl)c1N. The maximum absolute atomic E-state index is 12.7. The first-order valence-corrected chi connectivity index (χ1v) is 6.15. The van der Waals surface area contributed by atoms with E-state index in [2.05, 4.69) is 5.32 Å². The summed E-state index contributed by atoms with van der Waals surface area (Å²) < 4.78 is 38.1. The number of hydrogen-bond acceptors (Lipinski definition) is 2. The number of para-hydroxylation sites is 1. The third-order valence-electron chi connectivity index (χ3n) is 2.89. The number of nitrogen functional groups attached to an aromatic ring is 1. The number of nitrogens with one attached hydrogen (secondary N) is 1. The molecule has 2 aromatic carbocycles. The van der Waals surface area contributed by atoms with Crippen LogP contribution >= 0.6 is 11.6 Å². The summed E-state index contributed by atoms with van der Waals surface area (Å²) in [6.07, 6.45) is -4.38. The Morgan fingerprint density at radius 3 is 2.45 bits per heavy atom. The van der Waals surface area contributed by atoms with Crippen LogP contribution < -0.4 is 11.1 Å². The van der Waals surface area contributed by atoms with Crippen molar-refractivity contribution in [2.24, 2.45) is 0 Å². The van der Waals surface area contributed by atoms with Gasteiger partial charge in [0, 0.05) is 5.69 Å². The summed E-state index contributed by atoms with van der Waals surface area (Å²) in [5, 5.41) is 3.23. The molecule has 0 fully saturated rings. The number of rotatable bonds is 2. The normalized spacial score (nSPS) is 11.4. The van der Waals surface area contributed by atoms with Crippen molar-refractivity contribution in [3.05, 3.63) is 52.5 Å². The Labute approximate surface area is 119 Å². The second kappa shape index (κ2) is 5.25. The van der Waals surface area contributed by atoms with Gasteiger partial charge in [-0.3, -0.25) is 0 Å². The third kappa shape index (κ3) is 2.99. The molecule has 0 bridgehead atoms. The average Bonchev–Trinajstić information content (AvgIpc) is 2.36. The molecule has 0 aliphatic carbocycles. The standard InChI is InChI=1S/C14H12ClF3N2/c1-8-5-6-9(14(16,17)18)7-12(8)20-11-4-2-3-10(15)13(11)19/h2-7,20H,19H2,1H3. The largest absolute Gasteiger partial charge is 0.416 e. The Morgan fingerprint density at radius 1 is 1.10 bits per heavy atom. The lowest BCUT2D eigenvalue weighted by molar-refractivity contribution is -0.137. The number of anilines is 3. The number of hydrogen-bond donors (Lipinski definition) is 2. The topological polar surface area (TPSA) is 38.0 Å². The van der Waals surface area contributed by atoms with Gasteiger partial charge in [-0.2, -0.15) is 13.2 Å². The summed E-state index contributed by atoms with van der Waals surface area (Å²) in [5.41, 5.74) is 6.86. The van der Waals surface area contributed by atoms with Crippen LogP contribution in [0.15, 0.2) is 36.4 Å². The molecule has 0 aliphatic rings. The minimum absolute atomic E-state index is 0.297. The van der Waals surface area contributed by atoms with Gasteiger partial charge in [0.05, 0.1) is 22.0 Å². The fourth-order valence-electron chi connectivity index (χ4n) is 1.72. The van der Waals surface area contributed by atoms with Crippen molar-refractivity contribution in [2.45, 2.75) is 13.1 Å². The Bertz CT molecular complexity index is 639. The van der Waals surface area contributed by atoms with E-state index in [0.29, 0.717) is 27.6 Å². The molecule has 0 aromatic heterocycles. The van der Waals surface area contributed by atoms with Crippen molar-refractivity contribution in [3.8, 4) is 0 Å². The van der Waals surface area contributed by atoms with Crippen molar-refractivity contribution in [1.82, 2.24) is 0 Å². The first kappa shape index (κ1) is 14.5. The van der Waals surface area contributed by atoms with Crippen LogP contribution in [0.25, 0.3) is 0 Å². The van der Waals surface area contributed by atoms with Crippen LogP contribution in [0.1, 0.15) is 11.1 Å². The fourth-order valence-corrected chi connectivity index (χ4v) is 1.90. The molecular weight excluding hydrogens is 289 g/mol. The molecule has 6 heteroatoms. The molecule has 0 radical (unpaired) electrons. The van der Waals surface area contributed by atoms with Crippen LogP contribution in [0.4, 0.5) is 30.2 Å². The highest BCUT2D eigenvalue weighted by Gasteiger charge is 2.30. The summed E-state index contributed by atoms with van der Waals surface area (Å²) in [4.78, 5) is 0. The highest BCUT2D eigenvalue weighted by molar-refractivity contribution is 6.33. The van der Waals surface area contributed by atoms with E-state index < -0.39 is 11.7 Å². The van der Waals surface area contributed by atoms with Crippen molar-refractivity contribution >= 4 is 28.7 Å². The van der Waals surface area contributed by atoms with E-state index in [1.54, 1.807) is 25.1 Å². The highest BCUT2D eigenvalue weighted by Crippen LogP contribution is 2.35. The monoisotopic (exact) mass is 300 g/mol. The van der Waals surface area contributed by atoms with E-state index in [1.807, 2.05) is 0 Å². The molecule has 20 heavy (non-hydrogen) atoms. The van der Waals surface area contributed by atoms with Gasteiger partial charge >= 0.3 is 6.18 Å². The summed E-state index contributed by atoms with van der Waals surface area (Å²) in [7, 11) is 0. The van der Waals surface area contributed by atoms with Crippen molar-refractivity contribution in [2.75, 3.05) is 11.1 Å². The molecule has 2 nitrogen and oxygen atoms in total. The zero-order valence-corrected chi connectivity index (χ0v) is 11.3. The summed E-state index contributed by atoms with van der Waals surface area (Å²) in [6.45, 7) is 1.71. The van der Waals surface area contributed by atoms with Crippen LogP contribution in [-0.4, -0.2) is 0 Å². The van der Waals surface area contributed by atoms with Crippen LogP contribution in [-0.2, 0) is 6.18 Å².